The third-order valence-electron chi connectivity index (χ3n) is 4.89. The second kappa shape index (κ2) is 10.2. The van der Waals surface area contributed by atoms with Gasteiger partial charge in [-0.1, -0.05) is 41.4 Å². The number of carbonyl (C=O) groups is 2. The molecule has 2 amide bonds. The van der Waals surface area contributed by atoms with Gasteiger partial charge in [0, 0.05) is 5.02 Å². The lowest BCUT2D eigenvalue weighted by molar-refractivity contribution is -0.113. The number of ether oxygens (including phenoxy) is 2. The van der Waals surface area contributed by atoms with E-state index in [1.165, 1.54) is 5.56 Å². The summed E-state index contributed by atoms with van der Waals surface area (Å²) in [5.74, 6) is 0.810. The van der Waals surface area contributed by atoms with Crippen molar-refractivity contribution < 1.29 is 19.1 Å². The Bertz CT molecular complexity index is 1260. The van der Waals surface area contributed by atoms with E-state index in [0.717, 1.165) is 31.4 Å². The van der Waals surface area contributed by atoms with Gasteiger partial charge >= 0.3 is 0 Å². The Morgan fingerprint density at radius 3 is 2.55 bits per heavy atom. The molecule has 1 fully saturated rings. The third-order valence-corrected chi connectivity index (χ3v) is 6.82. The predicted octanol–water partition coefficient (Wildman–Crippen LogP) is 7.08. The summed E-state index contributed by atoms with van der Waals surface area (Å²) in [6.07, 6.45) is 1.69. The molecule has 8 heteroatoms. The molecule has 0 atom stereocenters. The fourth-order valence-corrected chi connectivity index (χ4v) is 5.10. The highest BCUT2D eigenvalue weighted by Gasteiger charge is 2.36. The van der Waals surface area contributed by atoms with Crippen LogP contribution in [0, 0.1) is 10.5 Å². The van der Waals surface area contributed by atoms with E-state index < -0.39 is 0 Å². The van der Waals surface area contributed by atoms with Crippen molar-refractivity contribution in [3.63, 3.8) is 0 Å². The van der Waals surface area contributed by atoms with Gasteiger partial charge in [0.05, 0.1) is 21.3 Å². The van der Waals surface area contributed by atoms with Crippen LogP contribution in [0.4, 0.5) is 10.5 Å². The Morgan fingerprint density at radius 2 is 1.85 bits per heavy atom. The Labute approximate surface area is 214 Å². The summed E-state index contributed by atoms with van der Waals surface area (Å²) in [7, 11) is 1.57. The first-order valence-corrected chi connectivity index (χ1v) is 12.2. The lowest BCUT2D eigenvalue weighted by Crippen LogP contribution is -2.27. The number of nitrogens with zero attached hydrogens (tertiary/aromatic N) is 1. The van der Waals surface area contributed by atoms with E-state index in [-0.39, 0.29) is 11.1 Å². The highest BCUT2D eigenvalue weighted by Crippen LogP contribution is 2.39. The molecule has 3 aromatic rings. The van der Waals surface area contributed by atoms with Crippen LogP contribution in [0.25, 0.3) is 6.08 Å². The minimum absolute atomic E-state index is 0.334. The van der Waals surface area contributed by atoms with Crippen LogP contribution in [0.5, 0.6) is 11.5 Å². The van der Waals surface area contributed by atoms with Crippen LogP contribution in [-0.2, 0) is 11.4 Å². The van der Waals surface area contributed by atoms with E-state index in [0.29, 0.717) is 33.7 Å². The number of anilines is 1. The van der Waals surface area contributed by atoms with E-state index in [2.05, 4.69) is 28.7 Å². The molecule has 33 heavy (non-hydrogen) atoms. The maximum Gasteiger partial charge on any atom is 0.298 e. The average molecular weight is 592 g/mol. The number of hydrogen-bond acceptors (Lipinski definition) is 5. The van der Waals surface area contributed by atoms with Crippen molar-refractivity contribution in [3.05, 3.63) is 90.9 Å². The number of rotatable bonds is 6. The highest BCUT2D eigenvalue weighted by atomic mass is 127. The molecule has 168 valence electrons. The first kappa shape index (κ1) is 23.7. The van der Waals surface area contributed by atoms with E-state index in [1.54, 1.807) is 43.5 Å². The first-order valence-electron chi connectivity index (χ1n) is 9.95. The van der Waals surface area contributed by atoms with Crippen LogP contribution in [0.15, 0.2) is 65.6 Å². The number of amides is 2. The summed E-state index contributed by atoms with van der Waals surface area (Å²) in [6, 6.07) is 18.4. The second-order valence-electron chi connectivity index (χ2n) is 7.31. The second-order valence-corrected chi connectivity index (χ2v) is 9.90. The van der Waals surface area contributed by atoms with Crippen molar-refractivity contribution in [3.8, 4) is 11.5 Å². The van der Waals surface area contributed by atoms with Gasteiger partial charge in [-0.2, -0.15) is 0 Å². The van der Waals surface area contributed by atoms with Gasteiger partial charge in [0.1, 0.15) is 6.61 Å². The molecule has 1 aliphatic heterocycles. The van der Waals surface area contributed by atoms with Crippen LogP contribution in [0.1, 0.15) is 16.7 Å². The average Bonchev–Trinajstić information content (AvgIpc) is 3.06. The molecule has 1 heterocycles. The Kier molecular flexibility index (Phi) is 7.31. The zero-order valence-electron chi connectivity index (χ0n) is 17.8. The third kappa shape index (κ3) is 5.37. The van der Waals surface area contributed by atoms with E-state index in [1.807, 2.05) is 31.2 Å². The molecule has 1 aliphatic rings. The van der Waals surface area contributed by atoms with Crippen LogP contribution in [0.2, 0.25) is 5.02 Å². The monoisotopic (exact) mass is 591 g/mol. The molecule has 0 spiro atoms. The van der Waals surface area contributed by atoms with Gasteiger partial charge in [0.25, 0.3) is 11.1 Å². The molecule has 5 nitrogen and oxygen atoms in total. The molecule has 0 unspecified atom stereocenters. The Hall–Kier alpha value is -2.49. The van der Waals surface area contributed by atoms with E-state index >= 15 is 0 Å². The number of hydrogen-bond donors (Lipinski definition) is 0. The standard InChI is InChI=1S/C25H19ClINO4S/c1-15-4-3-5-16(10-15)14-32-23-20(27)11-17(12-21(23)31-2)13-22-24(29)28(25(30)33-22)19-8-6-18(26)7-9-19/h3-13H,14H2,1-2H3/b22-13+. The fourth-order valence-electron chi connectivity index (χ4n) is 3.35. The molecule has 0 N–H and O–H groups in total. The quantitative estimate of drug-likeness (QED) is 0.227. The molecular formula is C25H19ClINO4S. The maximum atomic E-state index is 12.9. The molecule has 1 saturated heterocycles. The first-order chi connectivity index (χ1) is 15.9. The molecule has 4 rings (SSSR count). The normalized spacial score (nSPS) is 14.8. The Morgan fingerprint density at radius 1 is 1.09 bits per heavy atom. The molecule has 3 aromatic carbocycles. The summed E-state index contributed by atoms with van der Waals surface area (Å²) in [5, 5.41) is 0.181. The molecule has 0 saturated carbocycles. The molecule has 0 aromatic heterocycles. The molecular weight excluding hydrogens is 573 g/mol. The summed E-state index contributed by atoms with van der Waals surface area (Å²) in [5.41, 5.74) is 3.45. The van der Waals surface area contributed by atoms with Crippen molar-refractivity contribution in [2.45, 2.75) is 13.5 Å². The number of aryl methyl sites for hydroxylation is 1. The van der Waals surface area contributed by atoms with Gasteiger partial charge in [0.15, 0.2) is 11.5 Å². The number of methoxy groups -OCH3 is 1. The van der Waals surface area contributed by atoms with Crippen molar-refractivity contribution in [1.82, 2.24) is 0 Å². The summed E-state index contributed by atoms with van der Waals surface area (Å²) in [6.45, 7) is 2.45. The SMILES string of the molecule is COc1cc(/C=C2/SC(=O)N(c3ccc(Cl)cc3)C2=O)cc(I)c1OCc1cccc(C)c1. The van der Waals surface area contributed by atoms with Crippen molar-refractivity contribution in [2.24, 2.45) is 0 Å². The largest absolute Gasteiger partial charge is 0.493 e. The maximum absolute atomic E-state index is 12.9. The van der Waals surface area contributed by atoms with Gasteiger partial charge in [-0.15, -0.1) is 0 Å². The molecule has 0 radical (unpaired) electrons. The van der Waals surface area contributed by atoms with E-state index in [4.69, 9.17) is 21.1 Å². The van der Waals surface area contributed by atoms with E-state index in [9.17, 15) is 9.59 Å². The zero-order chi connectivity index (χ0) is 23.5. The van der Waals surface area contributed by atoms with Crippen molar-refractivity contribution >= 4 is 68.9 Å². The lowest BCUT2D eigenvalue weighted by Gasteiger charge is -2.14. The summed E-state index contributed by atoms with van der Waals surface area (Å²) < 4.78 is 12.4. The molecule has 0 bridgehead atoms. The lowest BCUT2D eigenvalue weighted by atomic mass is 10.1. The van der Waals surface area contributed by atoms with Gasteiger partial charge in [-0.3, -0.25) is 9.59 Å². The topological polar surface area (TPSA) is 55.8 Å². The number of thioether (sulfide) groups is 1. The van der Waals surface area contributed by atoms with Gasteiger partial charge in [-0.25, -0.2) is 4.90 Å². The van der Waals surface area contributed by atoms with Crippen molar-refractivity contribution in [1.29, 1.82) is 0 Å². The van der Waals surface area contributed by atoms with Gasteiger partial charge in [0.2, 0.25) is 0 Å². The summed E-state index contributed by atoms with van der Waals surface area (Å²) >= 11 is 9.00. The number of halogens is 2. The summed E-state index contributed by atoms with van der Waals surface area (Å²) in [4.78, 5) is 26.9. The number of carbonyl (C=O) groups excluding carboxylic acids is 2. The van der Waals surface area contributed by atoms with Gasteiger partial charge < -0.3 is 9.47 Å². The minimum Gasteiger partial charge on any atom is -0.493 e. The minimum atomic E-state index is -0.374. The van der Waals surface area contributed by atoms with Crippen LogP contribution < -0.4 is 14.4 Å². The van der Waals surface area contributed by atoms with Crippen LogP contribution >= 0.6 is 46.0 Å². The van der Waals surface area contributed by atoms with Crippen LogP contribution in [0.3, 0.4) is 0 Å². The Balaban J connectivity index is 1.58. The zero-order valence-corrected chi connectivity index (χ0v) is 21.5. The molecule has 0 aliphatic carbocycles. The number of imide groups is 1. The van der Waals surface area contributed by atoms with Crippen LogP contribution in [-0.4, -0.2) is 18.3 Å². The fraction of sp³-hybridized carbons (Fsp3) is 0.120. The van der Waals surface area contributed by atoms with Gasteiger partial charge in [-0.05, 0) is 94.9 Å². The predicted molar refractivity (Wildman–Crippen MR) is 141 cm³/mol. The number of benzene rings is 3. The van der Waals surface area contributed by atoms with Crippen molar-refractivity contribution in [2.75, 3.05) is 12.0 Å². The smallest absolute Gasteiger partial charge is 0.298 e. The highest BCUT2D eigenvalue weighted by molar-refractivity contribution is 14.1.